The summed E-state index contributed by atoms with van der Waals surface area (Å²) in [6.07, 6.45) is 10.2. The van der Waals surface area contributed by atoms with Crippen LogP contribution in [0.15, 0.2) is 6.07 Å². The monoisotopic (exact) mass is 318 g/mol. The highest BCUT2D eigenvalue weighted by Gasteiger charge is 2.31. The van der Waals surface area contributed by atoms with E-state index in [1.54, 1.807) is 4.68 Å². The lowest BCUT2D eigenvalue weighted by atomic mass is 9.94. The fourth-order valence-corrected chi connectivity index (χ4v) is 4.18. The van der Waals surface area contributed by atoms with E-state index in [2.05, 4.69) is 22.2 Å². The molecule has 3 rings (SSSR count). The van der Waals surface area contributed by atoms with Crippen LogP contribution in [0, 0.1) is 0 Å². The summed E-state index contributed by atoms with van der Waals surface area (Å²) in [5, 5.41) is 7.51. The van der Waals surface area contributed by atoms with Crippen LogP contribution in [-0.4, -0.2) is 45.8 Å². The van der Waals surface area contributed by atoms with Crippen LogP contribution in [0.25, 0.3) is 0 Å². The second-order valence-electron chi connectivity index (χ2n) is 7.03. The van der Waals surface area contributed by atoms with E-state index >= 15 is 0 Å². The maximum absolute atomic E-state index is 12.4. The first kappa shape index (κ1) is 16.5. The topological polar surface area (TPSA) is 50.2 Å². The predicted octanol–water partition coefficient (Wildman–Crippen LogP) is 2.51. The molecule has 1 atom stereocenters. The number of hydrogen-bond donors (Lipinski definition) is 1. The molecular formula is C18H30N4O. The van der Waals surface area contributed by atoms with Crippen LogP contribution in [-0.2, 0) is 13.5 Å². The minimum atomic E-state index is 0.00944. The largest absolute Gasteiger partial charge is 0.349 e. The molecule has 23 heavy (non-hydrogen) atoms. The number of amides is 1. The van der Waals surface area contributed by atoms with Gasteiger partial charge < -0.3 is 5.32 Å². The van der Waals surface area contributed by atoms with E-state index in [9.17, 15) is 4.79 Å². The summed E-state index contributed by atoms with van der Waals surface area (Å²) in [7, 11) is 1.85. The van der Waals surface area contributed by atoms with Crippen molar-refractivity contribution in [2.24, 2.45) is 7.05 Å². The SMILES string of the molecule is CCc1cc(C(=O)NCC2CCCN2C2CCCCC2)n(C)n1. The molecule has 1 amide bonds. The predicted molar refractivity (Wildman–Crippen MR) is 91.5 cm³/mol. The second kappa shape index (κ2) is 7.47. The van der Waals surface area contributed by atoms with Crippen molar-refractivity contribution in [1.82, 2.24) is 20.0 Å². The summed E-state index contributed by atoms with van der Waals surface area (Å²) >= 11 is 0. The van der Waals surface area contributed by atoms with Gasteiger partial charge >= 0.3 is 0 Å². The van der Waals surface area contributed by atoms with E-state index in [-0.39, 0.29) is 5.91 Å². The molecule has 0 radical (unpaired) electrons. The van der Waals surface area contributed by atoms with Crippen molar-refractivity contribution < 1.29 is 4.79 Å². The lowest BCUT2D eigenvalue weighted by molar-refractivity contribution is 0.0911. The molecule has 1 N–H and O–H groups in total. The molecule has 1 aromatic heterocycles. The summed E-state index contributed by atoms with van der Waals surface area (Å²) in [5.41, 5.74) is 1.64. The average Bonchev–Trinajstić information content (AvgIpc) is 3.19. The molecule has 2 fully saturated rings. The molecule has 1 aromatic rings. The summed E-state index contributed by atoms with van der Waals surface area (Å²) in [6, 6.07) is 3.17. The van der Waals surface area contributed by atoms with E-state index < -0.39 is 0 Å². The van der Waals surface area contributed by atoms with Crippen molar-refractivity contribution in [2.45, 2.75) is 70.4 Å². The van der Waals surface area contributed by atoms with Gasteiger partial charge in [-0.2, -0.15) is 5.10 Å². The van der Waals surface area contributed by atoms with Gasteiger partial charge in [0.25, 0.3) is 5.91 Å². The van der Waals surface area contributed by atoms with Crippen LogP contribution in [0.3, 0.4) is 0 Å². The van der Waals surface area contributed by atoms with Crippen LogP contribution in [0.1, 0.15) is 68.1 Å². The minimum Gasteiger partial charge on any atom is -0.349 e. The van der Waals surface area contributed by atoms with E-state index in [4.69, 9.17) is 0 Å². The van der Waals surface area contributed by atoms with Gasteiger partial charge in [0, 0.05) is 25.7 Å². The summed E-state index contributed by atoms with van der Waals surface area (Å²) in [4.78, 5) is 15.1. The molecule has 1 unspecified atom stereocenters. The van der Waals surface area contributed by atoms with Crippen LogP contribution < -0.4 is 5.32 Å². The van der Waals surface area contributed by atoms with E-state index in [0.29, 0.717) is 11.7 Å². The van der Waals surface area contributed by atoms with Gasteiger partial charge in [0.1, 0.15) is 5.69 Å². The Balaban J connectivity index is 1.56. The van der Waals surface area contributed by atoms with Gasteiger partial charge in [-0.05, 0) is 44.7 Å². The quantitative estimate of drug-likeness (QED) is 0.907. The smallest absolute Gasteiger partial charge is 0.269 e. The maximum Gasteiger partial charge on any atom is 0.269 e. The number of carbonyl (C=O) groups is 1. The number of likely N-dealkylation sites (tertiary alicyclic amines) is 1. The van der Waals surface area contributed by atoms with E-state index in [0.717, 1.165) is 24.7 Å². The third-order valence-corrected chi connectivity index (χ3v) is 5.49. The van der Waals surface area contributed by atoms with Crippen molar-refractivity contribution in [3.8, 4) is 0 Å². The molecule has 0 spiro atoms. The van der Waals surface area contributed by atoms with Crippen molar-refractivity contribution in [1.29, 1.82) is 0 Å². The Morgan fingerprint density at radius 1 is 1.26 bits per heavy atom. The Kier molecular flexibility index (Phi) is 5.36. The Labute approximate surface area is 139 Å². The van der Waals surface area contributed by atoms with E-state index in [1.807, 2.05) is 13.1 Å². The highest BCUT2D eigenvalue weighted by molar-refractivity contribution is 5.92. The average molecular weight is 318 g/mol. The highest BCUT2D eigenvalue weighted by Crippen LogP contribution is 2.28. The van der Waals surface area contributed by atoms with Crippen molar-refractivity contribution in [3.05, 3.63) is 17.5 Å². The van der Waals surface area contributed by atoms with Gasteiger partial charge in [0.15, 0.2) is 0 Å². The Bertz CT molecular complexity index is 533. The van der Waals surface area contributed by atoms with Crippen LogP contribution in [0.4, 0.5) is 0 Å². The number of aromatic nitrogens is 2. The molecule has 0 aromatic carbocycles. The first-order valence-electron chi connectivity index (χ1n) is 9.26. The number of carbonyl (C=O) groups excluding carboxylic acids is 1. The number of aryl methyl sites for hydroxylation is 2. The van der Waals surface area contributed by atoms with Crippen LogP contribution in [0.2, 0.25) is 0 Å². The molecule has 5 heteroatoms. The van der Waals surface area contributed by atoms with Gasteiger partial charge in [-0.25, -0.2) is 0 Å². The number of nitrogens with one attached hydrogen (secondary N) is 1. The zero-order chi connectivity index (χ0) is 16.2. The molecule has 1 aliphatic heterocycles. The Hall–Kier alpha value is -1.36. The standard InChI is InChI=1S/C18H30N4O/c1-3-14-12-17(21(2)20-14)18(23)19-13-16-10-7-11-22(16)15-8-5-4-6-9-15/h12,15-16H,3-11,13H2,1-2H3,(H,19,23). The molecule has 2 aliphatic rings. The summed E-state index contributed by atoms with van der Waals surface area (Å²) in [6.45, 7) is 4.03. The molecule has 5 nitrogen and oxygen atoms in total. The first-order chi connectivity index (χ1) is 11.2. The van der Waals surface area contributed by atoms with Gasteiger partial charge in [0.05, 0.1) is 5.69 Å². The Morgan fingerprint density at radius 3 is 2.74 bits per heavy atom. The first-order valence-corrected chi connectivity index (χ1v) is 9.26. The van der Waals surface area contributed by atoms with Gasteiger partial charge in [-0.3, -0.25) is 14.4 Å². The third kappa shape index (κ3) is 3.77. The lowest BCUT2D eigenvalue weighted by Gasteiger charge is -2.35. The number of hydrogen-bond acceptors (Lipinski definition) is 3. The van der Waals surface area contributed by atoms with Crippen LogP contribution >= 0.6 is 0 Å². The Morgan fingerprint density at radius 2 is 2.04 bits per heavy atom. The van der Waals surface area contributed by atoms with Crippen molar-refractivity contribution in [2.75, 3.05) is 13.1 Å². The normalized spacial score (nSPS) is 23.3. The van der Waals surface area contributed by atoms with Gasteiger partial charge in [0.2, 0.25) is 0 Å². The summed E-state index contributed by atoms with van der Waals surface area (Å²) in [5.74, 6) is 0.00944. The second-order valence-corrected chi connectivity index (χ2v) is 7.03. The third-order valence-electron chi connectivity index (χ3n) is 5.49. The van der Waals surface area contributed by atoms with Crippen molar-refractivity contribution >= 4 is 5.91 Å². The molecule has 2 heterocycles. The number of nitrogens with zero attached hydrogens (tertiary/aromatic N) is 3. The molecule has 0 bridgehead atoms. The number of rotatable bonds is 5. The maximum atomic E-state index is 12.4. The molecule has 1 saturated heterocycles. The highest BCUT2D eigenvalue weighted by atomic mass is 16.2. The molecule has 1 saturated carbocycles. The fourth-order valence-electron chi connectivity index (χ4n) is 4.18. The van der Waals surface area contributed by atoms with Crippen molar-refractivity contribution in [3.63, 3.8) is 0 Å². The van der Waals surface area contributed by atoms with Gasteiger partial charge in [-0.1, -0.05) is 26.2 Å². The lowest BCUT2D eigenvalue weighted by Crippen LogP contribution is -2.46. The van der Waals surface area contributed by atoms with Gasteiger partial charge in [-0.15, -0.1) is 0 Å². The fraction of sp³-hybridized carbons (Fsp3) is 0.778. The zero-order valence-electron chi connectivity index (χ0n) is 14.6. The van der Waals surface area contributed by atoms with E-state index in [1.165, 1.54) is 51.5 Å². The zero-order valence-corrected chi connectivity index (χ0v) is 14.6. The minimum absolute atomic E-state index is 0.00944. The van der Waals surface area contributed by atoms with Crippen LogP contribution in [0.5, 0.6) is 0 Å². The summed E-state index contributed by atoms with van der Waals surface area (Å²) < 4.78 is 1.70. The molecular weight excluding hydrogens is 288 g/mol. The molecule has 128 valence electrons. The molecule has 1 aliphatic carbocycles.